The van der Waals surface area contributed by atoms with Gasteiger partial charge in [-0.25, -0.2) is 0 Å². The highest BCUT2D eigenvalue weighted by Crippen LogP contribution is 2.40. The molecule has 0 amide bonds. The van der Waals surface area contributed by atoms with Crippen LogP contribution in [0.2, 0.25) is 0 Å². The van der Waals surface area contributed by atoms with Crippen LogP contribution in [-0.4, -0.2) is 13.4 Å². The van der Waals surface area contributed by atoms with Gasteiger partial charge in [-0.3, -0.25) is 4.98 Å². The molecule has 1 heterocycles. The van der Waals surface area contributed by atoms with Crippen LogP contribution in [0.1, 0.15) is 0 Å². The first-order valence-electron chi connectivity index (χ1n) is 9.51. The molecule has 33 heavy (non-hydrogen) atoms. The highest BCUT2D eigenvalue weighted by molar-refractivity contribution is 7.89. The number of hydrogen-bond donors (Lipinski definition) is 3. The lowest BCUT2D eigenvalue weighted by Gasteiger charge is -2.10. The van der Waals surface area contributed by atoms with Crippen molar-refractivity contribution < 1.29 is 8.42 Å². The van der Waals surface area contributed by atoms with Crippen LogP contribution in [0.5, 0.6) is 0 Å². The second kappa shape index (κ2) is 9.28. The van der Waals surface area contributed by atoms with Crippen molar-refractivity contribution >= 4 is 37.9 Å². The Labute approximate surface area is 188 Å². The van der Waals surface area contributed by atoms with Crippen molar-refractivity contribution in [1.82, 2.24) is 9.82 Å². The molecule has 0 unspecified atom stereocenters. The summed E-state index contributed by atoms with van der Waals surface area (Å²) in [5, 5.41) is 19.2. The van der Waals surface area contributed by atoms with Gasteiger partial charge in [0.2, 0.25) is 0 Å². The summed E-state index contributed by atoms with van der Waals surface area (Å²) in [6, 6.07) is 21.1. The van der Waals surface area contributed by atoms with Gasteiger partial charge in [-0.05, 0) is 18.2 Å². The van der Waals surface area contributed by atoms with Gasteiger partial charge in [-0.15, -0.1) is 15.3 Å². The van der Waals surface area contributed by atoms with E-state index in [-0.39, 0.29) is 16.3 Å². The molecule has 0 aliphatic carbocycles. The molecule has 3 aromatic carbocycles. The minimum atomic E-state index is -4.13. The smallest absolute Gasteiger partial charge is 0.278 e. The average Bonchev–Trinajstić information content (AvgIpc) is 2.84. The summed E-state index contributed by atoms with van der Waals surface area (Å²) >= 11 is 0. The number of azo groups is 1. The molecule has 1 aromatic heterocycles. The van der Waals surface area contributed by atoms with Crippen molar-refractivity contribution in [2.45, 2.75) is 4.90 Å². The monoisotopic (exact) mass is 459 g/mol. The molecule has 0 atom stereocenters. The summed E-state index contributed by atoms with van der Waals surface area (Å²) in [4.78, 5) is 6.06. The third kappa shape index (κ3) is 4.55. The number of nitrogens with one attached hydrogen (secondary N) is 2. The molecule has 4 rings (SSSR count). The summed E-state index contributed by atoms with van der Waals surface area (Å²) in [5.74, 6) is 5.28. The van der Waals surface area contributed by atoms with E-state index in [1.54, 1.807) is 42.6 Å². The molecule has 0 spiro atoms. The number of nitrogens with two attached hydrogens (primary N) is 1. The zero-order chi connectivity index (χ0) is 23.3. The number of pyridine rings is 1. The Morgan fingerprint density at radius 1 is 0.879 bits per heavy atom. The summed E-state index contributed by atoms with van der Waals surface area (Å²) in [5.41, 5.74) is 9.42. The fourth-order valence-corrected chi connectivity index (χ4v) is 4.17. The molecule has 0 saturated heterocycles. The Hall–Kier alpha value is -4.58. The van der Waals surface area contributed by atoms with E-state index in [9.17, 15) is 8.42 Å². The van der Waals surface area contributed by atoms with E-state index in [0.29, 0.717) is 16.5 Å². The summed E-state index contributed by atoms with van der Waals surface area (Å²) in [6.45, 7) is 0. The number of aromatic nitrogens is 1. The van der Waals surface area contributed by atoms with Crippen LogP contribution >= 0.6 is 0 Å². The maximum Gasteiger partial charge on any atom is 0.278 e. The van der Waals surface area contributed by atoms with E-state index in [2.05, 4.69) is 30.8 Å². The van der Waals surface area contributed by atoms with Crippen LogP contribution in [0, 0.1) is 5.53 Å². The molecule has 4 aromatic rings. The third-order valence-corrected chi connectivity index (χ3v) is 5.91. The van der Waals surface area contributed by atoms with Crippen LogP contribution in [0.15, 0.2) is 110 Å². The lowest BCUT2D eigenvalue weighted by molar-refractivity contribution is 0.581. The molecule has 164 valence electrons. The second-order valence-corrected chi connectivity index (χ2v) is 8.31. The maximum atomic E-state index is 12.6. The standard InChI is InChI=1S/C21H17N9O2S/c22-28-27-21-17-9-5-4-8-16(17)20(33(31,32)30-29-23)12-19(21)26-25-15-10-11-18(24-13-15)14-6-2-1-3-7-14/h1-13H,(H2,22,27)(H2,23,30)/b26-25+. The number of rotatable bonds is 7. The van der Waals surface area contributed by atoms with Crippen molar-refractivity contribution in [1.29, 1.82) is 5.53 Å². The maximum absolute atomic E-state index is 12.6. The largest absolute Gasteiger partial charge is 0.305 e. The molecular weight excluding hydrogens is 442 g/mol. The minimum absolute atomic E-state index is 0.111. The molecule has 12 heteroatoms. The topological polar surface area (TPSA) is 171 Å². The Kier molecular flexibility index (Phi) is 6.09. The number of nitrogens with zero attached hydrogens (tertiary/aromatic N) is 6. The zero-order valence-electron chi connectivity index (χ0n) is 17.0. The first-order chi connectivity index (χ1) is 16.0. The van der Waals surface area contributed by atoms with E-state index in [0.717, 1.165) is 11.3 Å². The summed E-state index contributed by atoms with van der Waals surface area (Å²) < 4.78 is 25.3. The van der Waals surface area contributed by atoms with Gasteiger partial charge in [0.15, 0.2) is 0 Å². The molecule has 4 N–H and O–H groups in total. The van der Waals surface area contributed by atoms with Gasteiger partial charge in [-0.2, -0.15) is 18.8 Å². The van der Waals surface area contributed by atoms with Crippen molar-refractivity contribution in [3.05, 3.63) is 79.0 Å². The van der Waals surface area contributed by atoms with Crippen molar-refractivity contribution in [3.63, 3.8) is 0 Å². The highest BCUT2D eigenvalue weighted by atomic mass is 32.2. The second-order valence-electron chi connectivity index (χ2n) is 6.68. The lowest BCUT2D eigenvalue weighted by atomic mass is 10.1. The minimum Gasteiger partial charge on any atom is -0.305 e. The summed E-state index contributed by atoms with van der Waals surface area (Å²) in [7, 11) is -4.13. The van der Waals surface area contributed by atoms with Crippen molar-refractivity contribution in [2.75, 3.05) is 0 Å². The predicted molar refractivity (Wildman–Crippen MR) is 122 cm³/mol. The quantitative estimate of drug-likeness (QED) is 0.188. The van der Waals surface area contributed by atoms with Gasteiger partial charge in [0.05, 0.1) is 16.8 Å². The van der Waals surface area contributed by atoms with E-state index >= 15 is 0 Å². The number of fused-ring (bicyclic) bond motifs is 1. The van der Waals surface area contributed by atoms with Crippen LogP contribution in [0.4, 0.5) is 17.1 Å². The summed E-state index contributed by atoms with van der Waals surface area (Å²) in [6.07, 6.45) is 1.55. The Morgan fingerprint density at radius 2 is 1.61 bits per heavy atom. The SMILES string of the molecule is N=NNS(=O)(=O)c1cc(/N=N/c2ccc(-c3ccccc3)nc2)c(N=NN)c2ccccc12. The van der Waals surface area contributed by atoms with Crippen molar-refractivity contribution in [3.8, 4) is 11.3 Å². The fraction of sp³-hybridized carbons (Fsp3) is 0. The average molecular weight is 459 g/mol. The molecule has 11 nitrogen and oxygen atoms in total. The van der Waals surface area contributed by atoms with Crippen LogP contribution in [0.25, 0.3) is 22.0 Å². The molecule has 0 aliphatic heterocycles. The Balaban J connectivity index is 1.80. The van der Waals surface area contributed by atoms with Gasteiger partial charge >= 0.3 is 0 Å². The predicted octanol–water partition coefficient (Wildman–Crippen LogP) is 5.50. The Bertz CT molecular complexity index is 1470. The molecular formula is C21H17N9O2S. The Morgan fingerprint density at radius 3 is 2.27 bits per heavy atom. The molecule has 0 saturated carbocycles. The van der Waals surface area contributed by atoms with Crippen molar-refractivity contribution in [2.24, 2.45) is 31.6 Å². The normalized spacial score (nSPS) is 11.9. The van der Waals surface area contributed by atoms with E-state index in [1.165, 1.54) is 6.07 Å². The van der Waals surface area contributed by atoms with E-state index < -0.39 is 10.0 Å². The zero-order valence-corrected chi connectivity index (χ0v) is 17.8. The fourth-order valence-electron chi connectivity index (χ4n) is 3.22. The molecule has 0 fully saturated rings. The lowest BCUT2D eigenvalue weighted by Crippen LogP contribution is -2.17. The first kappa shape index (κ1) is 21.6. The van der Waals surface area contributed by atoms with Gasteiger partial charge in [0, 0.05) is 16.3 Å². The highest BCUT2D eigenvalue weighted by Gasteiger charge is 2.21. The van der Waals surface area contributed by atoms with E-state index in [1.807, 2.05) is 35.2 Å². The third-order valence-electron chi connectivity index (χ3n) is 4.66. The number of hydrogen-bond acceptors (Lipinski definition) is 9. The van der Waals surface area contributed by atoms with Crippen LogP contribution < -0.4 is 10.7 Å². The number of sulfonamides is 1. The van der Waals surface area contributed by atoms with Crippen LogP contribution in [-0.2, 0) is 10.0 Å². The van der Waals surface area contributed by atoms with Gasteiger partial charge < -0.3 is 5.84 Å². The molecule has 0 radical (unpaired) electrons. The van der Waals surface area contributed by atoms with E-state index in [4.69, 9.17) is 11.4 Å². The number of benzene rings is 3. The molecule has 0 aliphatic rings. The first-order valence-corrected chi connectivity index (χ1v) is 11.0. The van der Waals surface area contributed by atoms with Gasteiger partial charge in [0.1, 0.15) is 17.1 Å². The van der Waals surface area contributed by atoms with Gasteiger partial charge in [-0.1, -0.05) is 65.0 Å². The van der Waals surface area contributed by atoms with Gasteiger partial charge in [0.25, 0.3) is 10.0 Å². The van der Waals surface area contributed by atoms with Crippen LogP contribution in [0.3, 0.4) is 0 Å². The molecule has 0 bridgehead atoms.